The molecule has 1 aromatic carbocycles. The first kappa shape index (κ1) is 10.5. The largest absolute Gasteiger partial charge is 0.508 e. The maximum absolute atomic E-state index is 11.4. The van der Waals surface area contributed by atoms with E-state index in [4.69, 9.17) is 5.11 Å². The van der Waals surface area contributed by atoms with Crippen LogP contribution < -0.4 is 4.90 Å². The molecule has 0 spiro atoms. The first-order chi connectivity index (χ1) is 7.52. The van der Waals surface area contributed by atoms with Crippen molar-refractivity contribution < 1.29 is 19.8 Å². The van der Waals surface area contributed by atoms with E-state index in [-0.39, 0.29) is 18.1 Å². The van der Waals surface area contributed by atoms with Crippen LogP contribution >= 0.6 is 0 Å². The van der Waals surface area contributed by atoms with Crippen LogP contribution in [0.4, 0.5) is 5.69 Å². The summed E-state index contributed by atoms with van der Waals surface area (Å²) in [7, 11) is 0. The number of carbonyl (C=O) groups is 2. The maximum atomic E-state index is 11.4. The van der Waals surface area contributed by atoms with Crippen molar-refractivity contribution in [1.29, 1.82) is 0 Å². The van der Waals surface area contributed by atoms with Crippen molar-refractivity contribution in [2.24, 2.45) is 0 Å². The lowest BCUT2D eigenvalue weighted by Crippen LogP contribution is -2.41. The van der Waals surface area contributed by atoms with Crippen molar-refractivity contribution in [2.75, 3.05) is 4.90 Å². The van der Waals surface area contributed by atoms with Crippen LogP contribution in [-0.4, -0.2) is 28.1 Å². The molecule has 1 amide bonds. The predicted octanol–water partition coefficient (Wildman–Crippen LogP) is 0.754. The Morgan fingerprint density at radius 1 is 1.44 bits per heavy atom. The number of amides is 1. The van der Waals surface area contributed by atoms with Gasteiger partial charge >= 0.3 is 5.97 Å². The van der Waals surface area contributed by atoms with Crippen LogP contribution in [0, 0.1) is 0 Å². The van der Waals surface area contributed by atoms with E-state index in [9.17, 15) is 14.7 Å². The van der Waals surface area contributed by atoms with Gasteiger partial charge in [-0.15, -0.1) is 0 Å². The molecule has 1 aliphatic heterocycles. The Labute approximate surface area is 91.9 Å². The van der Waals surface area contributed by atoms with Gasteiger partial charge in [-0.2, -0.15) is 0 Å². The SMILES string of the molecule is CC(=O)N1c2cccc(O)c2CC1C(=O)O. The first-order valence-electron chi connectivity index (χ1n) is 4.86. The summed E-state index contributed by atoms with van der Waals surface area (Å²) in [5, 5.41) is 18.6. The van der Waals surface area contributed by atoms with Crippen molar-refractivity contribution >= 4 is 17.6 Å². The van der Waals surface area contributed by atoms with Gasteiger partial charge in [0, 0.05) is 18.9 Å². The van der Waals surface area contributed by atoms with Gasteiger partial charge in [0.1, 0.15) is 11.8 Å². The fourth-order valence-electron chi connectivity index (χ4n) is 2.04. The summed E-state index contributed by atoms with van der Waals surface area (Å²) in [6.07, 6.45) is 0.150. The number of fused-ring (bicyclic) bond motifs is 1. The van der Waals surface area contributed by atoms with Crippen molar-refractivity contribution in [3.63, 3.8) is 0 Å². The molecule has 0 aliphatic carbocycles. The van der Waals surface area contributed by atoms with E-state index in [1.165, 1.54) is 17.9 Å². The zero-order chi connectivity index (χ0) is 11.9. The molecule has 1 aliphatic rings. The highest BCUT2D eigenvalue weighted by atomic mass is 16.4. The Hall–Kier alpha value is -2.04. The number of carboxylic acids is 1. The van der Waals surface area contributed by atoms with Crippen molar-refractivity contribution in [1.82, 2.24) is 0 Å². The average molecular weight is 221 g/mol. The molecule has 1 unspecified atom stereocenters. The van der Waals surface area contributed by atoms with Gasteiger partial charge in [-0.1, -0.05) is 6.07 Å². The lowest BCUT2D eigenvalue weighted by molar-refractivity contribution is -0.139. The molecule has 1 heterocycles. The molecule has 0 aromatic heterocycles. The molecule has 0 fully saturated rings. The van der Waals surface area contributed by atoms with Gasteiger partial charge < -0.3 is 10.2 Å². The normalized spacial score (nSPS) is 18.3. The second-order valence-electron chi connectivity index (χ2n) is 3.72. The zero-order valence-electron chi connectivity index (χ0n) is 8.67. The van der Waals surface area contributed by atoms with Crippen LogP contribution in [0.5, 0.6) is 5.75 Å². The molecule has 0 saturated carbocycles. The third-order valence-corrected chi connectivity index (χ3v) is 2.72. The molecule has 5 nitrogen and oxygen atoms in total. The van der Waals surface area contributed by atoms with Gasteiger partial charge in [-0.25, -0.2) is 4.79 Å². The number of carbonyl (C=O) groups excluding carboxylic acids is 1. The summed E-state index contributed by atoms with van der Waals surface area (Å²) in [5.41, 5.74) is 1.00. The summed E-state index contributed by atoms with van der Waals surface area (Å²) in [6.45, 7) is 1.31. The number of aliphatic carboxylic acids is 1. The number of phenols is 1. The standard InChI is InChI=1S/C11H11NO4/c1-6(13)12-8-3-2-4-10(14)7(8)5-9(12)11(15)16/h2-4,9,14H,5H2,1H3,(H,15,16). The minimum absolute atomic E-state index is 0.0347. The summed E-state index contributed by atoms with van der Waals surface area (Å²) >= 11 is 0. The number of hydrogen-bond donors (Lipinski definition) is 2. The summed E-state index contributed by atoms with van der Waals surface area (Å²) in [4.78, 5) is 23.6. The number of rotatable bonds is 1. The quantitative estimate of drug-likeness (QED) is 0.733. The smallest absolute Gasteiger partial charge is 0.327 e. The molecule has 1 aromatic rings. The van der Waals surface area contributed by atoms with Gasteiger partial charge in [0.15, 0.2) is 0 Å². The monoisotopic (exact) mass is 221 g/mol. The molecule has 1 atom stereocenters. The second kappa shape index (κ2) is 3.52. The number of phenolic OH excluding ortho intramolecular Hbond substituents is 1. The lowest BCUT2D eigenvalue weighted by atomic mass is 10.1. The van der Waals surface area contributed by atoms with E-state index in [1.54, 1.807) is 12.1 Å². The Bertz CT molecular complexity index is 469. The number of carboxylic acid groups (broad SMARTS) is 1. The van der Waals surface area contributed by atoms with Crippen LogP contribution in [0.15, 0.2) is 18.2 Å². The fourth-order valence-corrected chi connectivity index (χ4v) is 2.04. The van der Waals surface area contributed by atoms with E-state index >= 15 is 0 Å². The third kappa shape index (κ3) is 1.41. The van der Waals surface area contributed by atoms with Gasteiger partial charge in [-0.3, -0.25) is 9.69 Å². The van der Waals surface area contributed by atoms with E-state index in [2.05, 4.69) is 0 Å². The summed E-state index contributed by atoms with van der Waals surface area (Å²) < 4.78 is 0. The fraction of sp³-hybridized carbons (Fsp3) is 0.273. The minimum atomic E-state index is -1.06. The molecule has 0 saturated heterocycles. The summed E-state index contributed by atoms with van der Waals surface area (Å²) in [6, 6.07) is 3.80. The Morgan fingerprint density at radius 2 is 2.12 bits per heavy atom. The minimum Gasteiger partial charge on any atom is -0.508 e. The molecule has 16 heavy (non-hydrogen) atoms. The van der Waals surface area contributed by atoms with Crippen LogP contribution in [0.1, 0.15) is 12.5 Å². The molecule has 0 radical (unpaired) electrons. The highest BCUT2D eigenvalue weighted by Gasteiger charge is 2.38. The average Bonchev–Trinajstić information content (AvgIpc) is 2.58. The molecule has 2 rings (SSSR count). The van der Waals surface area contributed by atoms with Crippen molar-refractivity contribution in [2.45, 2.75) is 19.4 Å². The number of nitrogens with zero attached hydrogens (tertiary/aromatic N) is 1. The van der Waals surface area contributed by atoms with Gasteiger partial charge in [0.25, 0.3) is 0 Å². The van der Waals surface area contributed by atoms with E-state index < -0.39 is 12.0 Å². The Morgan fingerprint density at radius 3 is 2.69 bits per heavy atom. The van der Waals surface area contributed by atoms with Gasteiger partial charge in [0.05, 0.1) is 5.69 Å². The van der Waals surface area contributed by atoms with Crippen LogP contribution in [0.3, 0.4) is 0 Å². The molecular weight excluding hydrogens is 210 g/mol. The van der Waals surface area contributed by atoms with E-state index in [1.807, 2.05) is 0 Å². The lowest BCUT2D eigenvalue weighted by Gasteiger charge is -2.20. The number of aromatic hydroxyl groups is 1. The van der Waals surface area contributed by atoms with Crippen LogP contribution in [-0.2, 0) is 16.0 Å². The molecule has 0 bridgehead atoms. The zero-order valence-corrected chi connectivity index (χ0v) is 8.67. The van der Waals surface area contributed by atoms with Crippen LogP contribution in [0.2, 0.25) is 0 Å². The number of hydrogen-bond acceptors (Lipinski definition) is 3. The third-order valence-electron chi connectivity index (χ3n) is 2.72. The second-order valence-corrected chi connectivity index (χ2v) is 3.72. The van der Waals surface area contributed by atoms with Crippen molar-refractivity contribution in [3.05, 3.63) is 23.8 Å². The number of anilines is 1. The Kier molecular flexibility index (Phi) is 2.30. The topological polar surface area (TPSA) is 77.8 Å². The van der Waals surface area contributed by atoms with E-state index in [0.717, 1.165) is 0 Å². The van der Waals surface area contributed by atoms with E-state index in [0.29, 0.717) is 11.3 Å². The predicted molar refractivity (Wildman–Crippen MR) is 56.4 cm³/mol. The first-order valence-corrected chi connectivity index (χ1v) is 4.86. The molecular formula is C11H11NO4. The van der Waals surface area contributed by atoms with Gasteiger partial charge in [0.2, 0.25) is 5.91 Å². The van der Waals surface area contributed by atoms with Gasteiger partial charge in [-0.05, 0) is 12.1 Å². The van der Waals surface area contributed by atoms with Crippen LogP contribution in [0.25, 0.3) is 0 Å². The Balaban J connectivity index is 2.53. The maximum Gasteiger partial charge on any atom is 0.327 e. The summed E-state index contributed by atoms with van der Waals surface area (Å²) in [5.74, 6) is -1.37. The highest BCUT2D eigenvalue weighted by molar-refractivity contribution is 6.01. The number of benzene rings is 1. The molecule has 84 valence electrons. The highest BCUT2D eigenvalue weighted by Crippen LogP contribution is 2.37. The molecule has 2 N–H and O–H groups in total. The van der Waals surface area contributed by atoms with Crippen molar-refractivity contribution in [3.8, 4) is 5.75 Å². The molecule has 5 heteroatoms.